The number of benzene rings is 8. The molecule has 0 spiro atoms. The van der Waals surface area contributed by atoms with E-state index >= 15 is 0 Å². The predicted molar refractivity (Wildman–Crippen MR) is 314 cm³/mol. The third-order valence-electron chi connectivity index (χ3n) is 19.9. The van der Waals surface area contributed by atoms with E-state index in [0.717, 1.165) is 0 Å². The van der Waals surface area contributed by atoms with Crippen LogP contribution in [-0.4, -0.2) is 11.4 Å². The van der Waals surface area contributed by atoms with E-state index < -0.39 is 0 Å². The fourth-order valence-corrected chi connectivity index (χ4v) is 15.0. The number of anilines is 2. The van der Waals surface area contributed by atoms with Gasteiger partial charge in [0.05, 0.1) is 11.0 Å². The Kier molecular flexibility index (Phi) is 9.13. The molecule has 0 amide bonds. The molecule has 8 aromatic carbocycles. The van der Waals surface area contributed by atoms with Crippen molar-refractivity contribution in [1.82, 2.24) is 4.57 Å². The molecule has 0 saturated heterocycles. The number of nitrogens with zero attached hydrogens (tertiary/aromatic N) is 2. The molecule has 0 atom stereocenters. The number of hydrogen-bond acceptors (Lipinski definition) is 1. The highest BCUT2D eigenvalue weighted by Crippen LogP contribution is 2.56. The lowest BCUT2D eigenvalue weighted by molar-refractivity contribution is 0.332. The molecular weight excluding hydrogens is 880 g/mol. The summed E-state index contributed by atoms with van der Waals surface area (Å²) in [5, 5.41) is 5.24. The smallest absolute Gasteiger partial charge is 0.333 e. The van der Waals surface area contributed by atoms with E-state index in [1.165, 1.54) is 166 Å². The molecule has 3 aliphatic carbocycles. The first-order valence-corrected chi connectivity index (χ1v) is 27.7. The van der Waals surface area contributed by atoms with Gasteiger partial charge >= 0.3 is 6.85 Å². The highest BCUT2D eigenvalue weighted by atomic mass is 15.1. The molecule has 5 aliphatic rings. The van der Waals surface area contributed by atoms with E-state index in [4.69, 9.17) is 0 Å². The molecular formula is C70H71BN2. The van der Waals surface area contributed by atoms with Gasteiger partial charge in [-0.1, -0.05) is 168 Å². The van der Waals surface area contributed by atoms with Crippen molar-refractivity contribution in [2.24, 2.45) is 0 Å². The minimum atomic E-state index is -0.0717. The lowest BCUT2D eigenvalue weighted by Crippen LogP contribution is -2.61. The largest absolute Gasteiger partial charge is 0.376 e. The standard InChI is InChI=1S/C70H71BN2/c1-65(2)27-28-66(3,4)53-36-47(25-26-52(53)65)73-60-40-56-54(67(5,6)29-31-69(56,9)10)38-49(60)50-37-48(46-24-18-23-43(33-46)42-19-14-13-15-20-42)62-51-34-44-21-16-17-22-45(44)35-59(51)72-61-41-57-55(68(7,8)30-32-70(57,11)12)39-58(61)71(73)63(50)64(62)72/h13-26,33-41H,27-32H2,1-12H3. The molecule has 0 saturated carbocycles. The molecule has 0 N–H and O–H groups in total. The summed E-state index contributed by atoms with van der Waals surface area (Å²) in [6.07, 6.45) is 7.06. The van der Waals surface area contributed by atoms with Crippen LogP contribution in [0.4, 0.5) is 11.4 Å². The summed E-state index contributed by atoms with van der Waals surface area (Å²) in [5.41, 5.74) is 26.7. The molecule has 1 aromatic heterocycles. The normalized spacial score (nSPS) is 19.8. The Morgan fingerprint density at radius 2 is 0.904 bits per heavy atom. The monoisotopic (exact) mass is 951 g/mol. The summed E-state index contributed by atoms with van der Waals surface area (Å²) in [6, 6.07) is 55.6. The van der Waals surface area contributed by atoms with Gasteiger partial charge in [0, 0.05) is 33.4 Å². The summed E-state index contributed by atoms with van der Waals surface area (Å²) in [4.78, 5) is 2.87. The number of rotatable bonds is 3. The second-order valence-electron chi connectivity index (χ2n) is 27.3. The number of fused-ring (bicyclic) bond motifs is 12. The Bertz CT molecular complexity index is 3870. The average Bonchev–Trinajstić information content (AvgIpc) is 3.71. The van der Waals surface area contributed by atoms with E-state index in [1.54, 1.807) is 0 Å². The van der Waals surface area contributed by atoms with Crippen LogP contribution in [0.1, 0.15) is 155 Å². The van der Waals surface area contributed by atoms with Crippen molar-refractivity contribution in [3.05, 3.63) is 173 Å². The van der Waals surface area contributed by atoms with Crippen molar-refractivity contribution in [3.8, 4) is 39.1 Å². The molecule has 0 radical (unpaired) electrons. The zero-order chi connectivity index (χ0) is 50.5. The molecule has 364 valence electrons. The molecule has 73 heavy (non-hydrogen) atoms. The molecule has 2 aliphatic heterocycles. The van der Waals surface area contributed by atoms with Crippen LogP contribution in [0, 0.1) is 0 Å². The molecule has 14 rings (SSSR count). The van der Waals surface area contributed by atoms with Crippen molar-refractivity contribution in [1.29, 1.82) is 0 Å². The Morgan fingerprint density at radius 3 is 1.55 bits per heavy atom. The fourth-order valence-electron chi connectivity index (χ4n) is 15.0. The van der Waals surface area contributed by atoms with Gasteiger partial charge in [-0.05, 0) is 209 Å². The first kappa shape index (κ1) is 45.3. The van der Waals surface area contributed by atoms with Gasteiger partial charge in [0.25, 0.3) is 0 Å². The van der Waals surface area contributed by atoms with E-state index in [1.807, 2.05) is 0 Å². The maximum absolute atomic E-state index is 2.87. The van der Waals surface area contributed by atoms with Gasteiger partial charge in [-0.15, -0.1) is 0 Å². The molecule has 9 aromatic rings. The van der Waals surface area contributed by atoms with Gasteiger partial charge < -0.3 is 9.38 Å². The van der Waals surface area contributed by atoms with Crippen molar-refractivity contribution >= 4 is 61.7 Å². The Morgan fingerprint density at radius 1 is 0.384 bits per heavy atom. The summed E-state index contributed by atoms with van der Waals surface area (Å²) < 4.78 is 2.76. The highest BCUT2D eigenvalue weighted by Gasteiger charge is 2.49. The molecule has 0 fully saturated rings. The Balaban J connectivity index is 1.20. The van der Waals surface area contributed by atoms with Crippen molar-refractivity contribution in [2.75, 3.05) is 4.81 Å². The van der Waals surface area contributed by atoms with Crippen LogP contribution in [0.3, 0.4) is 0 Å². The van der Waals surface area contributed by atoms with E-state index in [0.29, 0.717) is 0 Å². The number of hydrogen-bond donors (Lipinski definition) is 0. The van der Waals surface area contributed by atoms with Crippen LogP contribution >= 0.6 is 0 Å². The van der Waals surface area contributed by atoms with E-state index in [-0.39, 0.29) is 39.3 Å². The second kappa shape index (κ2) is 14.7. The number of aromatic nitrogens is 1. The summed E-state index contributed by atoms with van der Waals surface area (Å²) in [6.45, 7) is 29.9. The lowest BCUT2D eigenvalue weighted by Gasteiger charge is -2.48. The first-order valence-electron chi connectivity index (χ1n) is 27.7. The van der Waals surface area contributed by atoms with Crippen molar-refractivity contribution in [2.45, 2.75) is 154 Å². The van der Waals surface area contributed by atoms with Gasteiger partial charge in [0.1, 0.15) is 0 Å². The van der Waals surface area contributed by atoms with Crippen LogP contribution < -0.4 is 15.7 Å². The maximum Gasteiger partial charge on any atom is 0.333 e. The van der Waals surface area contributed by atoms with Crippen LogP contribution in [-0.2, 0) is 32.5 Å². The third kappa shape index (κ3) is 6.36. The zero-order valence-corrected chi connectivity index (χ0v) is 45.5. The second-order valence-corrected chi connectivity index (χ2v) is 27.3. The third-order valence-corrected chi connectivity index (χ3v) is 19.9. The lowest BCUT2D eigenvalue weighted by atomic mass is 9.43. The summed E-state index contributed by atoms with van der Waals surface area (Å²) >= 11 is 0. The molecule has 0 unspecified atom stereocenters. The first-order chi connectivity index (χ1) is 34.6. The van der Waals surface area contributed by atoms with Crippen LogP contribution in [0.25, 0.3) is 71.6 Å². The van der Waals surface area contributed by atoms with Gasteiger partial charge in [-0.3, -0.25) is 0 Å². The minimum absolute atomic E-state index is 0.0347. The molecule has 3 heteroatoms. The van der Waals surface area contributed by atoms with Gasteiger partial charge in [-0.25, -0.2) is 0 Å². The predicted octanol–water partition coefficient (Wildman–Crippen LogP) is 17.6. The molecule has 3 heterocycles. The maximum atomic E-state index is 2.87. The van der Waals surface area contributed by atoms with Crippen LogP contribution in [0.2, 0.25) is 0 Å². The van der Waals surface area contributed by atoms with E-state index in [9.17, 15) is 0 Å². The molecule has 2 nitrogen and oxygen atoms in total. The quantitative estimate of drug-likeness (QED) is 0.160. The zero-order valence-electron chi connectivity index (χ0n) is 45.5. The van der Waals surface area contributed by atoms with Gasteiger partial charge in [0.15, 0.2) is 0 Å². The average molecular weight is 951 g/mol. The molecule has 0 bridgehead atoms. The van der Waals surface area contributed by atoms with Crippen molar-refractivity contribution in [3.63, 3.8) is 0 Å². The highest BCUT2D eigenvalue weighted by molar-refractivity contribution is 6.93. The van der Waals surface area contributed by atoms with Gasteiger partial charge in [0.2, 0.25) is 0 Å². The fraction of sp³-hybridized carbons (Fsp3) is 0.343. The Labute approximate surface area is 435 Å². The van der Waals surface area contributed by atoms with Crippen LogP contribution in [0.15, 0.2) is 140 Å². The van der Waals surface area contributed by atoms with Crippen molar-refractivity contribution < 1.29 is 0 Å². The van der Waals surface area contributed by atoms with Crippen LogP contribution in [0.5, 0.6) is 0 Å². The van der Waals surface area contributed by atoms with Gasteiger partial charge in [-0.2, -0.15) is 0 Å². The topological polar surface area (TPSA) is 8.17 Å². The minimum Gasteiger partial charge on any atom is -0.376 e. The van der Waals surface area contributed by atoms with E-state index in [2.05, 4.69) is 232 Å². The Hall–Kier alpha value is -6.32. The summed E-state index contributed by atoms with van der Waals surface area (Å²) in [5.74, 6) is 0. The summed E-state index contributed by atoms with van der Waals surface area (Å²) in [7, 11) is 0. The SMILES string of the molecule is CC1(C)CCC(C)(C)c2cc(N3B4c5cc6c(cc5-n5c7cc8ccccc8cc7c7c(-c8cccc(-c9ccccc9)c8)cc(c4c75)-c4cc5c(cc43)C(C)(C)CCC5(C)C)C(C)(C)CCC6(C)C)ccc21.